The van der Waals surface area contributed by atoms with Crippen LogP contribution in [0.1, 0.15) is 168 Å². The molecule has 0 unspecified atom stereocenters. The first-order valence-electron chi connectivity index (χ1n) is 22.4. The molecule has 0 saturated carbocycles. The summed E-state index contributed by atoms with van der Waals surface area (Å²) in [6.07, 6.45) is 0.523. The van der Waals surface area contributed by atoms with Crippen molar-refractivity contribution in [3.05, 3.63) is 29.8 Å². The maximum Gasteiger partial charge on any atom is 0.437 e. The van der Waals surface area contributed by atoms with Crippen LogP contribution in [0.5, 0.6) is 5.75 Å². The number of carbonyl (C=O) groups excluding carboxylic acids is 5. The fourth-order valence-corrected chi connectivity index (χ4v) is 5.37. The first-order valence-corrected chi connectivity index (χ1v) is 22.4. The highest BCUT2D eigenvalue weighted by Gasteiger charge is 2.35. The Balaban J connectivity index is 3.30. The smallest absolute Gasteiger partial charge is 0.437 e. The van der Waals surface area contributed by atoms with Gasteiger partial charge in [-0.3, -0.25) is 15.6 Å². The van der Waals surface area contributed by atoms with Gasteiger partial charge in [-0.05, 0) is 173 Å². The van der Waals surface area contributed by atoms with E-state index in [1.807, 2.05) is 24.3 Å². The van der Waals surface area contributed by atoms with Crippen LogP contribution >= 0.6 is 0 Å². The summed E-state index contributed by atoms with van der Waals surface area (Å²) in [5, 5.41) is 12.7. The van der Waals surface area contributed by atoms with Crippen molar-refractivity contribution >= 4 is 48.1 Å². The summed E-state index contributed by atoms with van der Waals surface area (Å²) < 4.78 is 33.7. The third-order valence-electron chi connectivity index (χ3n) is 7.93. The number of rotatable bonds is 16. The monoisotopic (exact) mass is 918 g/mol. The Bertz CT molecular complexity index is 1750. The lowest BCUT2D eigenvalue weighted by molar-refractivity contribution is 0.0270. The number of amides is 5. The normalized spacial score (nSPS) is 12.3. The minimum atomic E-state index is -1.01. The first-order chi connectivity index (χ1) is 29.7. The van der Waals surface area contributed by atoms with Gasteiger partial charge in [0.25, 0.3) is 0 Å². The van der Waals surface area contributed by atoms with E-state index in [-0.39, 0.29) is 31.6 Å². The number of carbonyl (C=O) groups is 5. The molecule has 18 nitrogen and oxygen atoms in total. The number of hydrogen-bond donors (Lipinski definition) is 3. The Morgan fingerprint density at radius 2 is 0.954 bits per heavy atom. The zero-order valence-electron chi connectivity index (χ0n) is 42.1. The molecule has 0 fully saturated rings. The lowest BCUT2D eigenvalue weighted by Crippen LogP contribution is -2.53. The van der Waals surface area contributed by atoms with Crippen LogP contribution in [-0.4, -0.2) is 112 Å². The van der Waals surface area contributed by atoms with Gasteiger partial charge in [0.15, 0.2) is 0 Å². The van der Waals surface area contributed by atoms with Crippen molar-refractivity contribution in [2.75, 3.05) is 26.2 Å². The fourth-order valence-electron chi connectivity index (χ4n) is 5.37. The van der Waals surface area contributed by atoms with E-state index in [0.717, 1.165) is 5.56 Å². The summed E-state index contributed by atoms with van der Waals surface area (Å²) >= 11 is 0. The van der Waals surface area contributed by atoms with Crippen LogP contribution in [0.4, 0.5) is 24.0 Å². The summed E-state index contributed by atoms with van der Waals surface area (Å²) in [6, 6.07) is 7.29. The quantitative estimate of drug-likeness (QED) is 0.0613. The average molecular weight is 918 g/mol. The van der Waals surface area contributed by atoms with E-state index in [1.54, 1.807) is 111 Å². The largest absolute Gasteiger partial charge is 0.494 e. The van der Waals surface area contributed by atoms with Gasteiger partial charge in [-0.1, -0.05) is 19.3 Å². The highest BCUT2D eigenvalue weighted by Crippen LogP contribution is 2.20. The van der Waals surface area contributed by atoms with Gasteiger partial charge < -0.3 is 33.8 Å². The third kappa shape index (κ3) is 28.2. The van der Waals surface area contributed by atoms with Gasteiger partial charge in [0.2, 0.25) is 11.9 Å². The lowest BCUT2D eigenvalue weighted by Gasteiger charge is -2.34. The van der Waals surface area contributed by atoms with Gasteiger partial charge >= 0.3 is 30.5 Å². The van der Waals surface area contributed by atoms with Crippen molar-refractivity contribution in [2.45, 2.75) is 190 Å². The van der Waals surface area contributed by atoms with Crippen molar-refractivity contribution in [2.24, 2.45) is 9.98 Å². The van der Waals surface area contributed by atoms with E-state index in [9.17, 15) is 24.0 Å². The molecule has 368 valence electrons. The maximum absolute atomic E-state index is 14.0. The number of hydrogen-bond acceptors (Lipinski definition) is 13. The van der Waals surface area contributed by atoms with Crippen molar-refractivity contribution in [1.82, 2.24) is 20.4 Å². The van der Waals surface area contributed by atoms with Crippen LogP contribution in [-0.2, 0) is 23.7 Å². The maximum atomic E-state index is 14.0. The van der Waals surface area contributed by atoms with Gasteiger partial charge in [-0.2, -0.15) is 0 Å². The molecule has 0 radical (unpaired) electrons. The van der Waals surface area contributed by atoms with Crippen LogP contribution in [0, 0.1) is 5.41 Å². The molecule has 0 aromatic heterocycles. The van der Waals surface area contributed by atoms with E-state index in [1.165, 1.54) is 9.80 Å². The van der Waals surface area contributed by atoms with E-state index in [0.29, 0.717) is 69.4 Å². The van der Waals surface area contributed by atoms with Gasteiger partial charge in [-0.15, -0.1) is 4.99 Å². The molecular formula is C47H79N7O11. The number of benzene rings is 1. The number of unbranched alkanes of at least 4 members (excludes halogenated alkanes) is 6. The highest BCUT2D eigenvalue weighted by molar-refractivity contribution is 6.05. The third-order valence-corrected chi connectivity index (χ3v) is 7.93. The molecule has 0 spiro atoms. The molecule has 0 aliphatic rings. The minimum Gasteiger partial charge on any atom is -0.494 e. The molecule has 0 atom stereocenters. The summed E-state index contributed by atoms with van der Waals surface area (Å²) in [5.74, 6) is 0.285. The summed E-state index contributed by atoms with van der Waals surface area (Å²) in [4.78, 5) is 77.4. The van der Waals surface area contributed by atoms with E-state index in [2.05, 4.69) is 20.6 Å². The molecule has 65 heavy (non-hydrogen) atoms. The minimum absolute atomic E-state index is 0.0297. The molecule has 1 aromatic carbocycles. The summed E-state index contributed by atoms with van der Waals surface area (Å²) in [6.45, 7) is 28.1. The van der Waals surface area contributed by atoms with Crippen LogP contribution in [0.2, 0.25) is 0 Å². The average Bonchev–Trinajstić information content (AvgIpc) is 3.09. The van der Waals surface area contributed by atoms with Gasteiger partial charge in [0.05, 0.1) is 6.61 Å². The topological polar surface area (TPSA) is 220 Å². The van der Waals surface area contributed by atoms with E-state index < -0.39 is 58.5 Å². The second-order valence-electron chi connectivity index (χ2n) is 20.5. The Hall–Kier alpha value is -5.42. The van der Waals surface area contributed by atoms with Crippen LogP contribution < -0.4 is 15.4 Å². The Morgan fingerprint density at radius 1 is 0.554 bits per heavy atom. The Labute approximate surface area is 387 Å². The molecule has 0 aliphatic carbocycles. The SMILES string of the molecule is CC(=N)c1ccc(OCCCCCN(C(=O)OC(C)(C)C)C(=NC(=O)OC(C)(C)C)N(CCCCCCCN=C(NC(=O)OC(C)(C)C)NC(=O)OC(C)(C)C)C(=O)OC(C)(C)C)cc1. The van der Waals surface area contributed by atoms with Crippen LogP contribution in [0.15, 0.2) is 34.3 Å². The van der Waals surface area contributed by atoms with Gasteiger partial charge in [-0.25, -0.2) is 33.8 Å². The predicted octanol–water partition coefficient (Wildman–Crippen LogP) is 10.7. The molecule has 0 bridgehead atoms. The number of guanidine groups is 2. The lowest BCUT2D eigenvalue weighted by atomic mass is 10.1. The summed E-state index contributed by atoms with van der Waals surface area (Å²) in [7, 11) is 0. The van der Waals surface area contributed by atoms with E-state index in [4.69, 9.17) is 33.8 Å². The predicted molar refractivity (Wildman–Crippen MR) is 252 cm³/mol. The zero-order valence-corrected chi connectivity index (χ0v) is 42.1. The Kier molecular flexibility index (Phi) is 23.0. The second kappa shape index (κ2) is 25.9. The second-order valence-corrected chi connectivity index (χ2v) is 20.5. The van der Waals surface area contributed by atoms with E-state index >= 15 is 0 Å². The molecule has 0 aliphatic heterocycles. The first kappa shape index (κ1) is 57.6. The molecule has 1 rings (SSSR count). The van der Waals surface area contributed by atoms with Gasteiger partial charge in [0, 0.05) is 25.3 Å². The number of alkyl carbamates (subject to hydrolysis) is 2. The molecule has 1 aromatic rings. The molecule has 0 heterocycles. The van der Waals surface area contributed by atoms with Crippen LogP contribution in [0.25, 0.3) is 0 Å². The molecule has 0 saturated heterocycles. The van der Waals surface area contributed by atoms with Crippen molar-refractivity contribution < 1.29 is 52.4 Å². The number of nitrogens with one attached hydrogen (secondary N) is 3. The summed E-state index contributed by atoms with van der Waals surface area (Å²) in [5.41, 5.74) is -3.07. The fraction of sp³-hybridized carbons (Fsp3) is 0.702. The highest BCUT2D eigenvalue weighted by atomic mass is 16.6. The number of aliphatic imine (C=N–C) groups is 2. The number of ether oxygens (including phenoxy) is 6. The standard InChI is InChI=1S/C47H79N7O11/c1-33(48)34-25-27-35(28-26-34)60-32-24-20-23-31-54(42(59)65-47(14,15)16)37(52-40(57)63-45(8,9)10)53(41(58)64-46(11,12)13)30-22-19-17-18-21-29-49-36(50-38(55)61-43(2,3)4)51-39(56)62-44(5,6)7/h25-28,48H,17-24,29-32H2,1-16H3,(H2,49,50,51,55,56). The van der Waals surface area contributed by atoms with Crippen molar-refractivity contribution in [3.8, 4) is 5.75 Å². The molecular weight excluding hydrogens is 839 g/mol. The zero-order chi connectivity index (χ0) is 49.8. The molecule has 18 heteroatoms. The number of nitrogens with zero attached hydrogens (tertiary/aromatic N) is 4. The Morgan fingerprint density at radius 3 is 1.37 bits per heavy atom. The molecule has 3 N–H and O–H groups in total. The van der Waals surface area contributed by atoms with Gasteiger partial charge in [0.1, 0.15) is 33.8 Å². The molecule has 5 amide bonds. The van der Waals surface area contributed by atoms with Crippen molar-refractivity contribution in [1.29, 1.82) is 5.41 Å². The van der Waals surface area contributed by atoms with Crippen molar-refractivity contribution in [3.63, 3.8) is 0 Å². The van der Waals surface area contributed by atoms with Crippen LogP contribution in [0.3, 0.4) is 0 Å².